The summed E-state index contributed by atoms with van der Waals surface area (Å²) in [6.45, 7) is 3.77. The molecule has 0 fully saturated rings. The second kappa shape index (κ2) is 5.00. The van der Waals surface area contributed by atoms with Crippen LogP contribution in [0.3, 0.4) is 0 Å². The van der Waals surface area contributed by atoms with Gasteiger partial charge in [-0.15, -0.1) is 0 Å². The molecule has 0 radical (unpaired) electrons. The van der Waals surface area contributed by atoms with Crippen molar-refractivity contribution in [1.29, 1.82) is 0 Å². The van der Waals surface area contributed by atoms with Crippen LogP contribution >= 0.6 is 0 Å². The minimum Gasteiger partial charge on any atom is -0.436 e. The highest BCUT2D eigenvalue weighted by atomic mass is 19.1. The molecule has 5 heteroatoms. The van der Waals surface area contributed by atoms with E-state index in [1.165, 1.54) is 12.1 Å². The number of halogens is 1. The smallest absolute Gasteiger partial charge is 0.224 e. The van der Waals surface area contributed by atoms with Gasteiger partial charge in [0.15, 0.2) is 11.6 Å². The van der Waals surface area contributed by atoms with Gasteiger partial charge in [0.05, 0.1) is 0 Å². The molecule has 1 heterocycles. The molecular weight excluding hydrogens is 233 g/mol. The summed E-state index contributed by atoms with van der Waals surface area (Å²) in [5.74, 6) is 0.831. The van der Waals surface area contributed by atoms with Crippen molar-refractivity contribution in [2.24, 2.45) is 0 Å². The predicted molar refractivity (Wildman–Crippen MR) is 67.0 cm³/mol. The number of aryl methyl sites for hydroxylation is 2. The van der Waals surface area contributed by atoms with Gasteiger partial charge in [-0.25, -0.2) is 9.37 Å². The molecule has 0 bridgehead atoms. The monoisotopic (exact) mass is 247 g/mol. The molecule has 4 nitrogen and oxygen atoms in total. The first-order valence-electron chi connectivity index (χ1n) is 5.66. The van der Waals surface area contributed by atoms with E-state index in [1.54, 1.807) is 12.1 Å². The van der Waals surface area contributed by atoms with E-state index in [4.69, 9.17) is 10.5 Å². The molecule has 0 amide bonds. The number of rotatable bonds is 3. The van der Waals surface area contributed by atoms with E-state index in [0.717, 1.165) is 5.56 Å². The van der Waals surface area contributed by atoms with E-state index in [1.807, 2.05) is 13.8 Å². The SMILES string of the molecule is CCc1nc(N)cc(Oc2cc(C)ccc2F)n1. The third kappa shape index (κ3) is 2.74. The predicted octanol–water partition coefficient (Wildman–Crippen LogP) is 2.86. The van der Waals surface area contributed by atoms with Gasteiger partial charge < -0.3 is 10.5 Å². The third-order valence-corrected chi connectivity index (χ3v) is 2.39. The highest BCUT2D eigenvalue weighted by molar-refractivity contribution is 5.37. The van der Waals surface area contributed by atoms with Crippen LogP contribution in [-0.4, -0.2) is 9.97 Å². The lowest BCUT2D eigenvalue weighted by Gasteiger charge is -2.08. The zero-order valence-electron chi connectivity index (χ0n) is 10.3. The molecule has 2 rings (SSSR count). The number of anilines is 1. The number of hydrogen-bond donors (Lipinski definition) is 1. The first-order valence-corrected chi connectivity index (χ1v) is 5.66. The minimum absolute atomic E-state index is 0.134. The van der Waals surface area contributed by atoms with Crippen LogP contribution in [0.4, 0.5) is 10.2 Å². The van der Waals surface area contributed by atoms with Crippen molar-refractivity contribution in [3.63, 3.8) is 0 Å². The largest absolute Gasteiger partial charge is 0.436 e. The average Bonchev–Trinajstić information content (AvgIpc) is 2.33. The van der Waals surface area contributed by atoms with Gasteiger partial charge in [-0.05, 0) is 24.6 Å². The molecule has 0 aliphatic heterocycles. The Kier molecular flexibility index (Phi) is 3.41. The van der Waals surface area contributed by atoms with Crippen LogP contribution in [0.2, 0.25) is 0 Å². The van der Waals surface area contributed by atoms with Gasteiger partial charge in [-0.1, -0.05) is 13.0 Å². The molecular formula is C13H14FN3O. The van der Waals surface area contributed by atoms with Gasteiger partial charge in [0, 0.05) is 12.5 Å². The number of nitrogens with zero attached hydrogens (tertiary/aromatic N) is 2. The zero-order valence-corrected chi connectivity index (χ0v) is 10.3. The molecule has 0 unspecified atom stereocenters. The van der Waals surface area contributed by atoms with Crippen LogP contribution in [0.1, 0.15) is 18.3 Å². The number of nitrogen functional groups attached to an aromatic ring is 1. The van der Waals surface area contributed by atoms with Crippen LogP contribution in [0.5, 0.6) is 11.6 Å². The summed E-state index contributed by atoms with van der Waals surface area (Å²) in [6.07, 6.45) is 0.637. The number of hydrogen-bond acceptors (Lipinski definition) is 4. The van der Waals surface area contributed by atoms with Crippen molar-refractivity contribution in [2.45, 2.75) is 20.3 Å². The Balaban J connectivity index is 2.33. The molecule has 2 aromatic rings. The van der Waals surface area contributed by atoms with Crippen molar-refractivity contribution < 1.29 is 9.13 Å². The maximum atomic E-state index is 13.5. The molecule has 0 spiro atoms. The minimum atomic E-state index is -0.434. The number of aromatic nitrogens is 2. The summed E-state index contributed by atoms with van der Waals surface area (Å²) in [6, 6.07) is 6.12. The highest BCUT2D eigenvalue weighted by Gasteiger charge is 2.08. The van der Waals surface area contributed by atoms with Crippen LogP contribution in [0.15, 0.2) is 24.3 Å². The second-order valence-electron chi connectivity index (χ2n) is 3.94. The van der Waals surface area contributed by atoms with Gasteiger partial charge >= 0.3 is 0 Å². The second-order valence-corrected chi connectivity index (χ2v) is 3.94. The summed E-state index contributed by atoms with van der Waals surface area (Å²) in [7, 11) is 0. The molecule has 0 saturated carbocycles. The maximum Gasteiger partial charge on any atom is 0.224 e. The van der Waals surface area contributed by atoms with Crippen LogP contribution < -0.4 is 10.5 Å². The Labute approximate surface area is 105 Å². The van der Waals surface area contributed by atoms with Crippen LogP contribution in [0, 0.1) is 12.7 Å². The lowest BCUT2D eigenvalue weighted by Crippen LogP contribution is -2.01. The van der Waals surface area contributed by atoms with Gasteiger partial charge in [-0.3, -0.25) is 0 Å². The molecule has 0 aliphatic carbocycles. The van der Waals surface area contributed by atoms with Crippen molar-refractivity contribution in [2.75, 3.05) is 5.73 Å². The molecule has 0 atom stereocenters. The van der Waals surface area contributed by atoms with E-state index in [-0.39, 0.29) is 11.6 Å². The Morgan fingerprint density at radius 3 is 2.78 bits per heavy atom. The first-order chi connectivity index (χ1) is 8.58. The lowest BCUT2D eigenvalue weighted by molar-refractivity contribution is 0.424. The molecule has 1 aromatic carbocycles. The molecule has 94 valence electrons. The topological polar surface area (TPSA) is 61.0 Å². The van der Waals surface area contributed by atoms with E-state index >= 15 is 0 Å². The number of ether oxygens (including phenoxy) is 1. The first kappa shape index (κ1) is 12.3. The fourth-order valence-corrected chi connectivity index (χ4v) is 1.50. The molecule has 2 N–H and O–H groups in total. The Morgan fingerprint density at radius 2 is 2.06 bits per heavy atom. The van der Waals surface area contributed by atoms with E-state index < -0.39 is 5.82 Å². The maximum absolute atomic E-state index is 13.5. The van der Waals surface area contributed by atoms with E-state index in [9.17, 15) is 4.39 Å². The van der Waals surface area contributed by atoms with Crippen molar-refractivity contribution >= 4 is 5.82 Å². The lowest BCUT2D eigenvalue weighted by atomic mass is 10.2. The molecule has 0 aliphatic rings. The standard InChI is InChI=1S/C13H14FN3O/c1-3-12-16-11(15)7-13(17-12)18-10-6-8(2)4-5-9(10)14/h4-7H,3H2,1-2H3,(H2,15,16,17). The fourth-order valence-electron chi connectivity index (χ4n) is 1.50. The Morgan fingerprint density at radius 1 is 1.28 bits per heavy atom. The normalized spacial score (nSPS) is 10.4. The molecule has 18 heavy (non-hydrogen) atoms. The van der Waals surface area contributed by atoms with Crippen molar-refractivity contribution in [3.05, 3.63) is 41.5 Å². The van der Waals surface area contributed by atoms with Crippen molar-refractivity contribution in [1.82, 2.24) is 9.97 Å². The Bertz CT molecular complexity index is 572. The summed E-state index contributed by atoms with van der Waals surface area (Å²) >= 11 is 0. The third-order valence-electron chi connectivity index (χ3n) is 2.39. The van der Waals surface area contributed by atoms with E-state index in [0.29, 0.717) is 18.1 Å². The Hall–Kier alpha value is -2.17. The average molecular weight is 247 g/mol. The summed E-state index contributed by atoms with van der Waals surface area (Å²) in [5.41, 5.74) is 6.54. The quantitative estimate of drug-likeness (QED) is 0.905. The zero-order chi connectivity index (χ0) is 13.1. The molecule has 1 aromatic heterocycles. The molecule has 0 saturated heterocycles. The van der Waals surface area contributed by atoms with Crippen molar-refractivity contribution in [3.8, 4) is 11.6 Å². The number of benzene rings is 1. The van der Waals surface area contributed by atoms with Gasteiger partial charge in [0.25, 0.3) is 0 Å². The van der Waals surface area contributed by atoms with Gasteiger partial charge in [0.2, 0.25) is 5.88 Å². The summed E-state index contributed by atoms with van der Waals surface area (Å²) in [5, 5.41) is 0. The van der Waals surface area contributed by atoms with E-state index in [2.05, 4.69) is 9.97 Å². The van der Waals surface area contributed by atoms with Gasteiger partial charge in [0.1, 0.15) is 11.6 Å². The van der Waals surface area contributed by atoms with Gasteiger partial charge in [-0.2, -0.15) is 4.98 Å². The number of nitrogens with two attached hydrogens (primary N) is 1. The summed E-state index contributed by atoms with van der Waals surface area (Å²) in [4.78, 5) is 8.16. The highest BCUT2D eigenvalue weighted by Crippen LogP contribution is 2.24. The fraction of sp³-hybridized carbons (Fsp3) is 0.231. The van der Waals surface area contributed by atoms with Crippen LogP contribution in [-0.2, 0) is 6.42 Å². The van der Waals surface area contributed by atoms with Crippen LogP contribution in [0.25, 0.3) is 0 Å². The summed E-state index contributed by atoms with van der Waals surface area (Å²) < 4.78 is 18.9.